The van der Waals surface area contributed by atoms with Gasteiger partial charge in [-0.2, -0.15) is 15.0 Å². The van der Waals surface area contributed by atoms with Gasteiger partial charge in [0.1, 0.15) is 0 Å². The maximum Gasteiger partial charge on any atom is 0.323 e. The van der Waals surface area contributed by atoms with Crippen molar-refractivity contribution >= 4 is 11.9 Å². The lowest BCUT2D eigenvalue weighted by molar-refractivity contribution is 0.243. The van der Waals surface area contributed by atoms with Crippen LogP contribution in [0, 0.1) is 5.92 Å². The SMILES string of the molecule is CCCOc1nc(N)nc(N2CCC(C)C2CO)n1. The molecule has 0 spiro atoms. The summed E-state index contributed by atoms with van der Waals surface area (Å²) in [6, 6.07) is 0.279. The normalized spacial score (nSPS) is 22.8. The maximum atomic E-state index is 9.47. The van der Waals surface area contributed by atoms with Crippen LogP contribution in [0.5, 0.6) is 6.01 Å². The Hall–Kier alpha value is -1.63. The molecule has 0 amide bonds. The van der Waals surface area contributed by atoms with Crippen molar-refractivity contribution < 1.29 is 9.84 Å². The summed E-state index contributed by atoms with van der Waals surface area (Å²) in [5.41, 5.74) is 5.69. The molecule has 1 saturated heterocycles. The largest absolute Gasteiger partial charge is 0.463 e. The van der Waals surface area contributed by atoms with Gasteiger partial charge in [0.15, 0.2) is 0 Å². The Morgan fingerprint density at radius 3 is 2.89 bits per heavy atom. The summed E-state index contributed by atoms with van der Waals surface area (Å²) in [5, 5.41) is 9.47. The molecule has 1 fully saturated rings. The van der Waals surface area contributed by atoms with Crippen molar-refractivity contribution in [1.82, 2.24) is 15.0 Å². The number of hydrogen-bond donors (Lipinski definition) is 2. The van der Waals surface area contributed by atoms with Gasteiger partial charge < -0.3 is 20.5 Å². The summed E-state index contributed by atoms with van der Waals surface area (Å²) in [6.07, 6.45) is 1.88. The van der Waals surface area contributed by atoms with Gasteiger partial charge >= 0.3 is 6.01 Å². The van der Waals surface area contributed by atoms with E-state index in [0.717, 1.165) is 19.4 Å². The van der Waals surface area contributed by atoms with Crippen LogP contribution in [0.3, 0.4) is 0 Å². The number of nitrogen functional groups attached to an aromatic ring is 1. The zero-order chi connectivity index (χ0) is 13.8. The van der Waals surface area contributed by atoms with Crippen molar-refractivity contribution in [3.05, 3.63) is 0 Å². The first-order valence-corrected chi connectivity index (χ1v) is 6.67. The fourth-order valence-electron chi connectivity index (χ4n) is 2.28. The van der Waals surface area contributed by atoms with Crippen LogP contribution >= 0.6 is 0 Å². The van der Waals surface area contributed by atoms with Gasteiger partial charge in [-0.3, -0.25) is 0 Å². The Balaban J connectivity index is 2.21. The van der Waals surface area contributed by atoms with Crippen LogP contribution in [-0.4, -0.2) is 45.9 Å². The Kier molecular flexibility index (Phi) is 4.36. The topological polar surface area (TPSA) is 97.4 Å². The quantitative estimate of drug-likeness (QED) is 0.799. The van der Waals surface area contributed by atoms with E-state index in [1.54, 1.807) is 0 Å². The Morgan fingerprint density at radius 1 is 1.42 bits per heavy atom. The second-order valence-electron chi connectivity index (χ2n) is 4.83. The van der Waals surface area contributed by atoms with Gasteiger partial charge in [0.05, 0.1) is 19.3 Å². The average molecular weight is 267 g/mol. The second-order valence-corrected chi connectivity index (χ2v) is 4.83. The molecule has 0 radical (unpaired) electrons. The van der Waals surface area contributed by atoms with Crippen molar-refractivity contribution in [2.24, 2.45) is 5.92 Å². The molecule has 1 aromatic rings. The molecule has 0 bridgehead atoms. The number of rotatable bonds is 5. The van der Waals surface area contributed by atoms with Crippen LogP contribution < -0.4 is 15.4 Å². The van der Waals surface area contributed by atoms with E-state index < -0.39 is 0 Å². The van der Waals surface area contributed by atoms with Gasteiger partial charge in [0.2, 0.25) is 11.9 Å². The van der Waals surface area contributed by atoms with E-state index in [4.69, 9.17) is 10.5 Å². The molecular weight excluding hydrogens is 246 g/mol. The number of hydrogen-bond acceptors (Lipinski definition) is 7. The van der Waals surface area contributed by atoms with Crippen molar-refractivity contribution in [1.29, 1.82) is 0 Å². The highest BCUT2D eigenvalue weighted by Crippen LogP contribution is 2.28. The molecule has 2 atom stereocenters. The lowest BCUT2D eigenvalue weighted by Gasteiger charge is -2.25. The van der Waals surface area contributed by atoms with Crippen LogP contribution in [0.2, 0.25) is 0 Å². The standard InChI is InChI=1S/C12H21N5O2/c1-3-6-19-12-15-10(13)14-11(16-12)17-5-4-8(2)9(17)7-18/h8-9,18H,3-7H2,1-2H3,(H2,13,14,15,16). The number of anilines is 2. The predicted octanol–water partition coefficient (Wildman–Crippen LogP) is 0.450. The number of ether oxygens (including phenoxy) is 1. The van der Waals surface area contributed by atoms with Gasteiger partial charge in [0.25, 0.3) is 0 Å². The van der Waals surface area contributed by atoms with E-state index >= 15 is 0 Å². The maximum absolute atomic E-state index is 9.47. The molecule has 3 N–H and O–H groups in total. The Bertz CT molecular complexity index is 429. The molecule has 7 nitrogen and oxygen atoms in total. The Labute approximate surface area is 112 Å². The summed E-state index contributed by atoms with van der Waals surface area (Å²) >= 11 is 0. The fraction of sp³-hybridized carbons (Fsp3) is 0.750. The summed E-state index contributed by atoms with van der Waals surface area (Å²) in [5.74, 6) is 1.04. The Morgan fingerprint density at radius 2 is 2.21 bits per heavy atom. The molecule has 0 aliphatic carbocycles. The molecule has 2 rings (SSSR count). The molecule has 0 saturated carbocycles. The predicted molar refractivity (Wildman–Crippen MR) is 72.0 cm³/mol. The fourth-order valence-corrected chi connectivity index (χ4v) is 2.28. The number of aliphatic hydroxyl groups is 1. The van der Waals surface area contributed by atoms with Gasteiger partial charge in [-0.15, -0.1) is 0 Å². The minimum absolute atomic E-state index is 0.0285. The van der Waals surface area contributed by atoms with E-state index in [0.29, 0.717) is 18.5 Å². The van der Waals surface area contributed by atoms with Crippen molar-refractivity contribution in [3.63, 3.8) is 0 Å². The molecule has 0 aromatic carbocycles. The molecule has 19 heavy (non-hydrogen) atoms. The molecule has 1 aromatic heterocycles. The summed E-state index contributed by atoms with van der Waals surface area (Å²) in [7, 11) is 0. The number of aromatic nitrogens is 3. The minimum atomic E-state index is 0.0285. The molecule has 2 heterocycles. The first kappa shape index (κ1) is 13.8. The average Bonchev–Trinajstić information content (AvgIpc) is 2.76. The van der Waals surface area contributed by atoms with Crippen LogP contribution in [0.15, 0.2) is 0 Å². The van der Waals surface area contributed by atoms with Crippen molar-refractivity contribution in [3.8, 4) is 6.01 Å². The number of aliphatic hydroxyl groups excluding tert-OH is 1. The van der Waals surface area contributed by atoms with Gasteiger partial charge in [-0.1, -0.05) is 13.8 Å². The van der Waals surface area contributed by atoms with Crippen LogP contribution in [0.4, 0.5) is 11.9 Å². The molecule has 106 valence electrons. The number of nitrogens with zero attached hydrogens (tertiary/aromatic N) is 4. The van der Waals surface area contributed by atoms with E-state index in [2.05, 4.69) is 21.9 Å². The van der Waals surface area contributed by atoms with E-state index in [1.807, 2.05) is 11.8 Å². The molecular formula is C12H21N5O2. The highest BCUT2D eigenvalue weighted by atomic mass is 16.5. The zero-order valence-corrected chi connectivity index (χ0v) is 11.4. The highest BCUT2D eigenvalue weighted by Gasteiger charge is 2.32. The third-order valence-electron chi connectivity index (χ3n) is 3.38. The first-order chi connectivity index (χ1) is 9.15. The van der Waals surface area contributed by atoms with E-state index in [9.17, 15) is 5.11 Å². The number of nitrogens with two attached hydrogens (primary N) is 1. The monoisotopic (exact) mass is 267 g/mol. The second kappa shape index (κ2) is 6.01. The lowest BCUT2D eigenvalue weighted by atomic mass is 10.0. The summed E-state index contributed by atoms with van der Waals surface area (Å²) < 4.78 is 5.40. The highest BCUT2D eigenvalue weighted by molar-refractivity contribution is 5.39. The van der Waals surface area contributed by atoms with Gasteiger partial charge in [-0.05, 0) is 18.8 Å². The smallest absolute Gasteiger partial charge is 0.323 e. The molecule has 7 heteroatoms. The van der Waals surface area contributed by atoms with Gasteiger partial charge in [0, 0.05) is 6.54 Å². The van der Waals surface area contributed by atoms with E-state index in [-0.39, 0.29) is 24.6 Å². The summed E-state index contributed by atoms with van der Waals surface area (Å²) in [6.45, 7) is 5.55. The van der Waals surface area contributed by atoms with Crippen LogP contribution in [0.1, 0.15) is 26.7 Å². The van der Waals surface area contributed by atoms with Crippen LogP contribution in [-0.2, 0) is 0 Å². The van der Waals surface area contributed by atoms with E-state index in [1.165, 1.54) is 0 Å². The van der Waals surface area contributed by atoms with Crippen molar-refractivity contribution in [2.45, 2.75) is 32.7 Å². The van der Waals surface area contributed by atoms with Crippen LogP contribution in [0.25, 0.3) is 0 Å². The molecule has 2 unspecified atom stereocenters. The lowest BCUT2D eigenvalue weighted by Crippen LogP contribution is -2.36. The summed E-state index contributed by atoms with van der Waals surface area (Å²) in [4.78, 5) is 14.4. The minimum Gasteiger partial charge on any atom is -0.463 e. The first-order valence-electron chi connectivity index (χ1n) is 6.67. The van der Waals surface area contributed by atoms with Gasteiger partial charge in [-0.25, -0.2) is 0 Å². The zero-order valence-electron chi connectivity index (χ0n) is 11.4. The third-order valence-corrected chi connectivity index (χ3v) is 3.38. The molecule has 1 aliphatic rings. The molecule has 1 aliphatic heterocycles. The van der Waals surface area contributed by atoms with Crippen molar-refractivity contribution in [2.75, 3.05) is 30.4 Å². The third kappa shape index (κ3) is 3.04.